The molecule has 60 heavy (non-hydrogen) atoms. The van der Waals surface area contributed by atoms with E-state index in [1.807, 2.05) is 0 Å². The summed E-state index contributed by atoms with van der Waals surface area (Å²) in [5, 5.41) is 5.07. The summed E-state index contributed by atoms with van der Waals surface area (Å²) in [6, 6.07) is 66.5. The smallest absolute Gasteiger partial charge is 0.0544 e. The summed E-state index contributed by atoms with van der Waals surface area (Å²) >= 11 is 0. The number of hydrogen-bond acceptors (Lipinski definition) is 1. The molecule has 1 nitrogen and oxygen atoms in total. The SMILES string of the molecule is CC1(C)c2cccc3c2N2c4c1cc(-c1cccc(-c5ccc6ccccc6c5)c1)cc4C(C)(C)c1cc(-c4cccc(-c5ccc6ccccc6c5)c4)cc(c12)C3(C)C. The van der Waals surface area contributed by atoms with Crippen molar-refractivity contribution in [1.29, 1.82) is 0 Å². The Bertz CT molecular complexity index is 3090. The van der Waals surface area contributed by atoms with Gasteiger partial charge in [0.15, 0.2) is 0 Å². The lowest BCUT2D eigenvalue weighted by atomic mass is 9.60. The van der Waals surface area contributed by atoms with Crippen molar-refractivity contribution in [2.24, 2.45) is 0 Å². The van der Waals surface area contributed by atoms with Crippen LogP contribution in [-0.2, 0) is 16.2 Å². The monoisotopic (exact) mass is 769 g/mol. The molecule has 0 N–H and O–H groups in total. The highest BCUT2D eigenvalue weighted by molar-refractivity contribution is 6.00. The first kappa shape index (κ1) is 35.3. The molecule has 0 unspecified atom stereocenters. The summed E-state index contributed by atoms with van der Waals surface area (Å²) in [6.07, 6.45) is 0. The second kappa shape index (κ2) is 12.2. The van der Waals surface area contributed by atoms with Crippen LogP contribution < -0.4 is 4.90 Å². The van der Waals surface area contributed by atoms with E-state index in [9.17, 15) is 0 Å². The van der Waals surface area contributed by atoms with Crippen LogP contribution >= 0.6 is 0 Å². The van der Waals surface area contributed by atoms with E-state index >= 15 is 0 Å². The standard InChI is InChI=1S/C59H47N/c1-57(2)48-22-13-23-49-54(48)60-55-50(57)32-46(42-20-11-18-40(30-42)44-26-24-36-14-7-9-16-38(36)28-44)34-52(55)59(5,6)53-35-47(33-51(56(53)60)58(49,3)4)43-21-12-19-41(31-43)45-27-25-37-15-8-10-17-39(37)29-45/h7-35H,1-6H3. The minimum Gasteiger partial charge on any atom is -0.309 e. The van der Waals surface area contributed by atoms with Gasteiger partial charge in [0, 0.05) is 16.2 Å². The topological polar surface area (TPSA) is 3.24 Å². The molecule has 1 heteroatoms. The van der Waals surface area contributed by atoms with Gasteiger partial charge in [-0.3, -0.25) is 0 Å². The lowest BCUT2D eigenvalue weighted by Crippen LogP contribution is -2.43. The number of benzene rings is 9. The number of para-hydroxylation sites is 1. The molecule has 12 rings (SSSR count). The zero-order chi connectivity index (χ0) is 40.7. The highest BCUT2D eigenvalue weighted by Gasteiger charge is 2.52. The van der Waals surface area contributed by atoms with E-state index in [-0.39, 0.29) is 16.2 Å². The van der Waals surface area contributed by atoms with Crippen LogP contribution in [0.3, 0.4) is 0 Å². The molecular weight excluding hydrogens is 723 g/mol. The molecule has 288 valence electrons. The van der Waals surface area contributed by atoms with Gasteiger partial charge < -0.3 is 4.90 Å². The summed E-state index contributed by atoms with van der Waals surface area (Å²) in [6.45, 7) is 14.7. The van der Waals surface area contributed by atoms with E-state index in [0.29, 0.717) is 0 Å². The van der Waals surface area contributed by atoms with Crippen LogP contribution in [-0.4, -0.2) is 0 Å². The molecule has 9 aromatic carbocycles. The van der Waals surface area contributed by atoms with Gasteiger partial charge in [-0.25, -0.2) is 0 Å². The third-order valence-electron chi connectivity index (χ3n) is 14.5. The Balaban J connectivity index is 1.07. The third kappa shape index (κ3) is 4.87. The van der Waals surface area contributed by atoms with Crippen molar-refractivity contribution >= 4 is 38.6 Å². The van der Waals surface area contributed by atoms with Gasteiger partial charge in [-0.15, -0.1) is 0 Å². The van der Waals surface area contributed by atoms with Gasteiger partial charge in [-0.2, -0.15) is 0 Å². The number of rotatable bonds is 4. The highest BCUT2D eigenvalue weighted by Crippen LogP contribution is 2.67. The maximum absolute atomic E-state index is 2.69. The number of fused-ring (bicyclic) bond motifs is 2. The van der Waals surface area contributed by atoms with Crippen molar-refractivity contribution in [2.45, 2.75) is 57.8 Å². The van der Waals surface area contributed by atoms with E-state index in [0.717, 1.165) is 0 Å². The first-order valence-corrected chi connectivity index (χ1v) is 21.5. The van der Waals surface area contributed by atoms with Gasteiger partial charge in [0.2, 0.25) is 0 Å². The Morgan fingerprint density at radius 2 is 0.567 bits per heavy atom. The molecule has 0 amide bonds. The van der Waals surface area contributed by atoms with Gasteiger partial charge >= 0.3 is 0 Å². The molecule has 3 aliphatic rings. The molecule has 0 bridgehead atoms. The number of anilines is 3. The predicted molar refractivity (Wildman–Crippen MR) is 254 cm³/mol. The molecule has 0 atom stereocenters. The van der Waals surface area contributed by atoms with Crippen LogP contribution in [0.25, 0.3) is 66.1 Å². The van der Waals surface area contributed by atoms with Crippen LogP contribution in [0.5, 0.6) is 0 Å². The number of nitrogens with zero attached hydrogens (tertiary/aromatic N) is 1. The maximum Gasteiger partial charge on any atom is 0.0544 e. The molecule has 0 radical (unpaired) electrons. The van der Waals surface area contributed by atoms with Crippen molar-refractivity contribution < 1.29 is 0 Å². The minimum atomic E-state index is -0.279. The first-order chi connectivity index (χ1) is 29.0. The van der Waals surface area contributed by atoms with Crippen LogP contribution in [0.1, 0.15) is 74.9 Å². The Morgan fingerprint density at radius 3 is 0.983 bits per heavy atom. The largest absolute Gasteiger partial charge is 0.309 e. The molecule has 9 aromatic rings. The average molecular weight is 770 g/mol. The van der Waals surface area contributed by atoms with Gasteiger partial charge in [0.05, 0.1) is 17.1 Å². The fourth-order valence-electron chi connectivity index (χ4n) is 11.0. The number of hydrogen-bond donors (Lipinski definition) is 0. The van der Waals surface area contributed by atoms with Crippen LogP contribution in [0.2, 0.25) is 0 Å². The fourth-order valence-corrected chi connectivity index (χ4v) is 11.0. The van der Waals surface area contributed by atoms with Crippen molar-refractivity contribution in [3.8, 4) is 44.5 Å². The molecule has 0 fully saturated rings. The summed E-state index contributed by atoms with van der Waals surface area (Å²) in [5.41, 5.74) is 21.8. The molecule has 3 heterocycles. The van der Waals surface area contributed by atoms with Gasteiger partial charge in [-0.05, 0) is 148 Å². The van der Waals surface area contributed by atoms with Gasteiger partial charge in [-0.1, -0.05) is 169 Å². The second-order valence-corrected chi connectivity index (χ2v) is 19.0. The summed E-state index contributed by atoms with van der Waals surface area (Å²) in [7, 11) is 0. The van der Waals surface area contributed by atoms with E-state index in [4.69, 9.17) is 0 Å². The Kier molecular flexibility index (Phi) is 7.16. The molecular formula is C59H47N. The normalized spacial score (nSPS) is 15.9. The lowest BCUT2D eigenvalue weighted by molar-refractivity contribution is 0.567. The van der Waals surface area contributed by atoms with Crippen molar-refractivity contribution in [3.63, 3.8) is 0 Å². The maximum atomic E-state index is 2.69. The quantitative estimate of drug-likeness (QED) is 0.172. The summed E-state index contributed by atoms with van der Waals surface area (Å²) in [5.74, 6) is 0. The minimum absolute atomic E-state index is 0.206. The average Bonchev–Trinajstić information content (AvgIpc) is 3.27. The van der Waals surface area contributed by atoms with E-state index < -0.39 is 0 Å². The van der Waals surface area contributed by atoms with Crippen LogP contribution in [0, 0.1) is 0 Å². The molecule has 0 spiro atoms. The van der Waals surface area contributed by atoms with Gasteiger partial charge in [0.1, 0.15) is 0 Å². The Morgan fingerprint density at radius 1 is 0.250 bits per heavy atom. The van der Waals surface area contributed by atoms with E-state index in [1.54, 1.807) is 0 Å². The van der Waals surface area contributed by atoms with Crippen LogP contribution in [0.15, 0.2) is 176 Å². The highest BCUT2D eigenvalue weighted by atomic mass is 15.2. The molecule has 0 aliphatic carbocycles. The first-order valence-electron chi connectivity index (χ1n) is 21.5. The zero-order valence-electron chi connectivity index (χ0n) is 35.2. The van der Waals surface area contributed by atoms with E-state index in [2.05, 4.69) is 222 Å². The molecule has 3 aliphatic heterocycles. The molecule has 0 saturated heterocycles. The van der Waals surface area contributed by atoms with Gasteiger partial charge in [0.25, 0.3) is 0 Å². The van der Waals surface area contributed by atoms with Crippen molar-refractivity contribution in [1.82, 2.24) is 0 Å². The fraction of sp³-hybridized carbons (Fsp3) is 0.153. The van der Waals surface area contributed by atoms with E-state index in [1.165, 1.54) is 116 Å². The van der Waals surface area contributed by atoms with Crippen LogP contribution in [0.4, 0.5) is 17.1 Å². The Hall–Kier alpha value is -6.70. The summed E-state index contributed by atoms with van der Waals surface area (Å²) < 4.78 is 0. The van der Waals surface area contributed by atoms with Crippen molar-refractivity contribution in [2.75, 3.05) is 4.90 Å². The van der Waals surface area contributed by atoms with Crippen molar-refractivity contribution in [3.05, 3.63) is 209 Å². The lowest BCUT2D eigenvalue weighted by Gasteiger charge is -2.55. The zero-order valence-corrected chi connectivity index (χ0v) is 35.2. The predicted octanol–water partition coefficient (Wildman–Crippen LogP) is 16.0. The summed E-state index contributed by atoms with van der Waals surface area (Å²) in [4.78, 5) is 2.69. The Labute approximate surface area is 353 Å². The third-order valence-corrected chi connectivity index (χ3v) is 14.5. The molecule has 0 saturated carbocycles. The second-order valence-electron chi connectivity index (χ2n) is 19.0. The molecule has 0 aromatic heterocycles.